The van der Waals surface area contributed by atoms with Crippen molar-refractivity contribution in [1.29, 1.82) is 0 Å². The summed E-state index contributed by atoms with van der Waals surface area (Å²) in [5.41, 5.74) is 5.02. The van der Waals surface area contributed by atoms with Gasteiger partial charge < -0.3 is 21.3 Å². The maximum Gasteiger partial charge on any atom is 0.332 e. The number of hydrogen-bond acceptors (Lipinski definition) is 4. The van der Waals surface area contributed by atoms with Crippen LogP contribution in [0.4, 0.5) is 0 Å². The van der Waals surface area contributed by atoms with Crippen molar-refractivity contribution in [3.63, 3.8) is 0 Å². The van der Waals surface area contributed by atoms with Crippen molar-refractivity contribution in [1.82, 2.24) is 5.32 Å². The Balaban J connectivity index is 4.21. The van der Waals surface area contributed by atoms with Gasteiger partial charge in [-0.25, -0.2) is 4.79 Å². The van der Waals surface area contributed by atoms with Gasteiger partial charge in [0, 0.05) is 19.5 Å². The number of hydrogen-bond donors (Lipinski definition) is 4. The van der Waals surface area contributed by atoms with Crippen LogP contribution in [0.25, 0.3) is 0 Å². The standard InChI is InChI=1S/C11H22N2O4/c1-3-11(4-2,7-12)10(17)13-6-5-8(14)9(15)16/h8,14H,3-7,12H2,1-2H3,(H,13,17)(H,15,16). The maximum absolute atomic E-state index is 11.9. The van der Waals surface area contributed by atoms with Crippen molar-refractivity contribution in [3.8, 4) is 0 Å². The van der Waals surface area contributed by atoms with E-state index >= 15 is 0 Å². The molecule has 1 atom stereocenters. The molecule has 0 saturated carbocycles. The molecule has 5 N–H and O–H groups in total. The van der Waals surface area contributed by atoms with E-state index in [9.17, 15) is 9.59 Å². The minimum Gasteiger partial charge on any atom is -0.479 e. The number of nitrogens with two attached hydrogens (primary N) is 1. The summed E-state index contributed by atoms with van der Waals surface area (Å²) in [6.45, 7) is 4.17. The molecule has 0 aliphatic rings. The smallest absolute Gasteiger partial charge is 0.332 e. The number of nitrogens with one attached hydrogen (secondary N) is 1. The van der Waals surface area contributed by atoms with Gasteiger partial charge in [0.25, 0.3) is 0 Å². The quantitative estimate of drug-likeness (QED) is 0.470. The Morgan fingerprint density at radius 2 is 1.88 bits per heavy atom. The van der Waals surface area contributed by atoms with Crippen molar-refractivity contribution in [3.05, 3.63) is 0 Å². The molecule has 100 valence electrons. The Hall–Kier alpha value is -1.14. The van der Waals surface area contributed by atoms with Gasteiger partial charge in [-0.05, 0) is 12.8 Å². The van der Waals surface area contributed by atoms with Crippen molar-refractivity contribution < 1.29 is 19.8 Å². The maximum atomic E-state index is 11.9. The Morgan fingerprint density at radius 1 is 1.35 bits per heavy atom. The molecule has 6 heteroatoms. The summed E-state index contributed by atoms with van der Waals surface area (Å²) in [6.07, 6.45) is -0.179. The third-order valence-electron chi connectivity index (χ3n) is 3.21. The van der Waals surface area contributed by atoms with Crippen LogP contribution in [0.15, 0.2) is 0 Å². The molecule has 0 bridgehead atoms. The number of carboxylic acids is 1. The summed E-state index contributed by atoms with van der Waals surface area (Å²) in [5, 5.41) is 20.1. The van der Waals surface area contributed by atoms with E-state index in [4.69, 9.17) is 15.9 Å². The first-order valence-electron chi connectivity index (χ1n) is 5.82. The average molecular weight is 246 g/mol. The topological polar surface area (TPSA) is 113 Å². The number of aliphatic hydroxyl groups is 1. The van der Waals surface area contributed by atoms with Crippen LogP contribution in [0.1, 0.15) is 33.1 Å². The van der Waals surface area contributed by atoms with Crippen molar-refractivity contribution in [2.45, 2.75) is 39.2 Å². The summed E-state index contributed by atoms with van der Waals surface area (Å²) >= 11 is 0. The van der Waals surface area contributed by atoms with Gasteiger partial charge in [-0.2, -0.15) is 0 Å². The lowest BCUT2D eigenvalue weighted by Gasteiger charge is -2.28. The molecule has 0 aromatic carbocycles. The molecule has 1 unspecified atom stereocenters. The van der Waals surface area contributed by atoms with Gasteiger partial charge >= 0.3 is 5.97 Å². The Kier molecular flexibility index (Phi) is 6.75. The lowest BCUT2D eigenvalue weighted by atomic mass is 9.81. The molecule has 0 heterocycles. The van der Waals surface area contributed by atoms with Crippen LogP contribution in [0.5, 0.6) is 0 Å². The zero-order chi connectivity index (χ0) is 13.5. The molecule has 6 nitrogen and oxygen atoms in total. The number of rotatable bonds is 8. The molecular weight excluding hydrogens is 224 g/mol. The number of carboxylic acid groups (broad SMARTS) is 1. The summed E-state index contributed by atoms with van der Waals surface area (Å²) in [7, 11) is 0. The van der Waals surface area contributed by atoms with Crippen molar-refractivity contribution >= 4 is 11.9 Å². The van der Waals surface area contributed by atoms with Crippen LogP contribution < -0.4 is 11.1 Å². The van der Waals surface area contributed by atoms with E-state index in [-0.39, 0.29) is 25.4 Å². The third-order valence-corrected chi connectivity index (χ3v) is 3.21. The molecule has 0 rings (SSSR count). The zero-order valence-electron chi connectivity index (χ0n) is 10.4. The fourth-order valence-corrected chi connectivity index (χ4v) is 1.59. The Labute approximate surface area is 101 Å². The predicted molar refractivity (Wildman–Crippen MR) is 63.3 cm³/mol. The van der Waals surface area contributed by atoms with Gasteiger partial charge in [-0.1, -0.05) is 13.8 Å². The minimum atomic E-state index is -1.44. The summed E-state index contributed by atoms with van der Waals surface area (Å²) in [4.78, 5) is 22.2. The number of aliphatic hydroxyl groups excluding tert-OH is 1. The van der Waals surface area contributed by atoms with Crippen LogP contribution in [0, 0.1) is 5.41 Å². The number of aliphatic carboxylic acids is 1. The average Bonchev–Trinajstić information content (AvgIpc) is 2.31. The molecule has 0 aromatic rings. The lowest BCUT2D eigenvalue weighted by Crippen LogP contribution is -2.46. The number of amides is 1. The monoisotopic (exact) mass is 246 g/mol. The first-order chi connectivity index (χ1) is 7.93. The molecular formula is C11H22N2O4. The van der Waals surface area contributed by atoms with E-state index in [0.717, 1.165) is 0 Å². The second kappa shape index (κ2) is 7.24. The van der Waals surface area contributed by atoms with Crippen LogP contribution >= 0.6 is 0 Å². The van der Waals surface area contributed by atoms with E-state index < -0.39 is 17.5 Å². The van der Waals surface area contributed by atoms with Gasteiger partial charge in [0.05, 0.1) is 5.41 Å². The second-order valence-electron chi connectivity index (χ2n) is 4.09. The SMILES string of the molecule is CCC(CC)(CN)C(=O)NCCC(O)C(=O)O. The van der Waals surface area contributed by atoms with Crippen molar-refractivity contribution in [2.75, 3.05) is 13.1 Å². The molecule has 0 aliphatic heterocycles. The fourth-order valence-electron chi connectivity index (χ4n) is 1.59. The van der Waals surface area contributed by atoms with Gasteiger partial charge in [-0.15, -0.1) is 0 Å². The van der Waals surface area contributed by atoms with E-state index in [1.165, 1.54) is 0 Å². The highest BCUT2D eigenvalue weighted by Crippen LogP contribution is 2.24. The fraction of sp³-hybridized carbons (Fsp3) is 0.818. The predicted octanol–water partition coefficient (Wildman–Crippen LogP) is -0.297. The molecule has 0 spiro atoms. The normalized spacial score (nSPS) is 13.2. The summed E-state index contributed by atoms with van der Waals surface area (Å²) in [5.74, 6) is -1.46. The second-order valence-corrected chi connectivity index (χ2v) is 4.09. The van der Waals surface area contributed by atoms with Crippen LogP contribution in [-0.4, -0.2) is 41.3 Å². The summed E-state index contributed by atoms with van der Waals surface area (Å²) < 4.78 is 0. The lowest BCUT2D eigenvalue weighted by molar-refractivity contribution is -0.147. The molecule has 0 aliphatic carbocycles. The molecule has 0 fully saturated rings. The van der Waals surface area contributed by atoms with Gasteiger partial charge in [-0.3, -0.25) is 4.79 Å². The molecule has 0 saturated heterocycles. The largest absolute Gasteiger partial charge is 0.479 e. The van der Waals surface area contributed by atoms with E-state index in [1.54, 1.807) is 0 Å². The highest BCUT2D eigenvalue weighted by Gasteiger charge is 2.33. The molecule has 1 amide bonds. The van der Waals surface area contributed by atoms with Gasteiger partial charge in [0.1, 0.15) is 0 Å². The summed E-state index contributed by atoms with van der Waals surface area (Å²) in [6, 6.07) is 0. The van der Waals surface area contributed by atoms with E-state index in [0.29, 0.717) is 12.8 Å². The molecule has 0 aromatic heterocycles. The third kappa shape index (κ3) is 4.32. The number of carbonyl (C=O) groups is 2. The molecule has 0 radical (unpaired) electrons. The van der Waals surface area contributed by atoms with Crippen LogP contribution in [0.2, 0.25) is 0 Å². The highest BCUT2D eigenvalue weighted by molar-refractivity contribution is 5.82. The van der Waals surface area contributed by atoms with Gasteiger partial charge in [0.2, 0.25) is 5.91 Å². The highest BCUT2D eigenvalue weighted by atomic mass is 16.4. The Morgan fingerprint density at radius 3 is 2.24 bits per heavy atom. The Bertz CT molecular complexity index is 256. The van der Waals surface area contributed by atoms with Crippen LogP contribution in [0.3, 0.4) is 0 Å². The van der Waals surface area contributed by atoms with Crippen molar-refractivity contribution in [2.24, 2.45) is 11.1 Å². The minimum absolute atomic E-state index is 0.00481. The first kappa shape index (κ1) is 15.9. The number of carbonyl (C=O) groups excluding carboxylic acids is 1. The van der Waals surface area contributed by atoms with E-state index in [1.807, 2.05) is 13.8 Å². The van der Waals surface area contributed by atoms with Crippen LogP contribution in [-0.2, 0) is 9.59 Å². The first-order valence-corrected chi connectivity index (χ1v) is 5.82. The van der Waals surface area contributed by atoms with E-state index in [2.05, 4.69) is 5.32 Å². The molecule has 17 heavy (non-hydrogen) atoms. The van der Waals surface area contributed by atoms with Gasteiger partial charge in [0.15, 0.2) is 6.10 Å². The zero-order valence-corrected chi connectivity index (χ0v) is 10.4.